The molecule has 7 heteroatoms. The first-order valence-corrected chi connectivity index (χ1v) is 8.15. The van der Waals surface area contributed by atoms with Crippen LogP contribution in [0.1, 0.15) is 10.4 Å². The number of carbonyl (C=O) groups is 1. The topological polar surface area (TPSA) is 42.0 Å². The Morgan fingerprint density at radius 1 is 1.13 bits per heavy atom. The molecular formula is C16H9Cl2FN2OS. The number of thiazole rings is 1. The van der Waals surface area contributed by atoms with Crippen LogP contribution in [-0.4, -0.2) is 10.9 Å². The number of amides is 1. The minimum Gasteiger partial charge on any atom is -0.298 e. The SMILES string of the molecule is O=C(Nc1nc(-c2ccc(Cl)c(Cl)c2)cs1)c1ccccc1F. The number of nitrogens with zero attached hydrogens (tertiary/aromatic N) is 1. The molecule has 23 heavy (non-hydrogen) atoms. The molecule has 1 amide bonds. The van der Waals surface area contributed by atoms with Crippen molar-refractivity contribution >= 4 is 45.6 Å². The van der Waals surface area contributed by atoms with Gasteiger partial charge >= 0.3 is 0 Å². The van der Waals surface area contributed by atoms with Crippen molar-refractivity contribution in [1.29, 1.82) is 0 Å². The summed E-state index contributed by atoms with van der Waals surface area (Å²) < 4.78 is 13.6. The number of hydrogen-bond donors (Lipinski definition) is 1. The minimum absolute atomic E-state index is 0.0289. The molecule has 0 unspecified atom stereocenters. The number of aromatic nitrogens is 1. The van der Waals surface area contributed by atoms with E-state index in [2.05, 4.69) is 10.3 Å². The molecule has 0 fully saturated rings. The predicted molar refractivity (Wildman–Crippen MR) is 91.9 cm³/mol. The first-order valence-electron chi connectivity index (χ1n) is 6.51. The fraction of sp³-hybridized carbons (Fsp3) is 0. The molecule has 0 saturated heterocycles. The largest absolute Gasteiger partial charge is 0.298 e. The van der Waals surface area contributed by atoms with E-state index in [9.17, 15) is 9.18 Å². The van der Waals surface area contributed by atoms with Gasteiger partial charge in [0, 0.05) is 10.9 Å². The van der Waals surface area contributed by atoms with Gasteiger partial charge in [-0.05, 0) is 24.3 Å². The highest BCUT2D eigenvalue weighted by molar-refractivity contribution is 7.14. The summed E-state index contributed by atoms with van der Waals surface area (Å²) in [7, 11) is 0. The van der Waals surface area contributed by atoms with Crippen LogP contribution in [0.4, 0.5) is 9.52 Å². The van der Waals surface area contributed by atoms with E-state index < -0.39 is 11.7 Å². The van der Waals surface area contributed by atoms with E-state index in [4.69, 9.17) is 23.2 Å². The molecule has 0 radical (unpaired) electrons. The molecule has 2 aromatic carbocycles. The Bertz CT molecular complexity index is 882. The number of anilines is 1. The van der Waals surface area contributed by atoms with Crippen molar-refractivity contribution < 1.29 is 9.18 Å². The highest BCUT2D eigenvalue weighted by atomic mass is 35.5. The third-order valence-electron chi connectivity index (χ3n) is 3.06. The smallest absolute Gasteiger partial charge is 0.260 e. The lowest BCUT2D eigenvalue weighted by atomic mass is 10.2. The van der Waals surface area contributed by atoms with Crippen LogP contribution in [0.15, 0.2) is 47.8 Å². The van der Waals surface area contributed by atoms with Crippen molar-refractivity contribution in [3.63, 3.8) is 0 Å². The predicted octanol–water partition coefficient (Wildman–Crippen LogP) is 5.51. The Kier molecular flexibility index (Phi) is 4.61. The van der Waals surface area contributed by atoms with E-state index in [0.29, 0.717) is 20.9 Å². The van der Waals surface area contributed by atoms with Gasteiger partial charge in [0.05, 0.1) is 21.3 Å². The van der Waals surface area contributed by atoms with E-state index in [0.717, 1.165) is 5.56 Å². The van der Waals surface area contributed by atoms with Crippen molar-refractivity contribution in [3.8, 4) is 11.3 Å². The summed E-state index contributed by atoms with van der Waals surface area (Å²) in [5, 5.41) is 5.62. The molecule has 0 spiro atoms. The van der Waals surface area contributed by atoms with Gasteiger partial charge < -0.3 is 0 Å². The molecule has 1 aromatic heterocycles. The molecular weight excluding hydrogens is 358 g/mol. The van der Waals surface area contributed by atoms with Crippen LogP contribution in [-0.2, 0) is 0 Å². The second-order valence-corrected chi connectivity index (χ2v) is 6.27. The van der Waals surface area contributed by atoms with Crippen LogP contribution in [0, 0.1) is 5.82 Å². The molecule has 0 aliphatic rings. The Balaban J connectivity index is 1.81. The zero-order valence-electron chi connectivity index (χ0n) is 11.5. The third-order valence-corrected chi connectivity index (χ3v) is 4.56. The van der Waals surface area contributed by atoms with Gasteiger partial charge in [0.1, 0.15) is 5.82 Å². The Morgan fingerprint density at radius 3 is 2.65 bits per heavy atom. The van der Waals surface area contributed by atoms with Crippen LogP contribution in [0.5, 0.6) is 0 Å². The van der Waals surface area contributed by atoms with Gasteiger partial charge in [-0.2, -0.15) is 0 Å². The lowest BCUT2D eigenvalue weighted by molar-refractivity contribution is 0.102. The molecule has 0 atom stereocenters. The van der Waals surface area contributed by atoms with Gasteiger partial charge in [0.2, 0.25) is 0 Å². The van der Waals surface area contributed by atoms with Gasteiger partial charge in [-0.1, -0.05) is 41.4 Å². The molecule has 1 N–H and O–H groups in total. The average Bonchev–Trinajstić information content (AvgIpc) is 2.99. The standard InChI is InChI=1S/C16H9Cl2FN2OS/c17-11-6-5-9(7-12(11)18)14-8-23-16(20-14)21-15(22)10-3-1-2-4-13(10)19/h1-8H,(H,20,21,22). The number of carbonyl (C=O) groups excluding carboxylic acids is 1. The van der Waals surface area contributed by atoms with Crippen molar-refractivity contribution in [2.75, 3.05) is 5.32 Å². The normalized spacial score (nSPS) is 10.6. The number of hydrogen-bond acceptors (Lipinski definition) is 3. The molecule has 0 aliphatic carbocycles. The highest BCUT2D eigenvalue weighted by Crippen LogP contribution is 2.30. The van der Waals surface area contributed by atoms with Gasteiger partial charge in [-0.3, -0.25) is 10.1 Å². The maximum atomic E-state index is 13.6. The highest BCUT2D eigenvalue weighted by Gasteiger charge is 2.13. The number of nitrogens with one attached hydrogen (secondary N) is 1. The molecule has 1 heterocycles. The Hall–Kier alpha value is -1.95. The summed E-state index contributed by atoms with van der Waals surface area (Å²) in [6.45, 7) is 0. The van der Waals surface area contributed by atoms with Crippen LogP contribution in [0.2, 0.25) is 10.0 Å². The second-order valence-electron chi connectivity index (χ2n) is 4.60. The lowest BCUT2D eigenvalue weighted by Gasteiger charge is -2.02. The van der Waals surface area contributed by atoms with E-state index >= 15 is 0 Å². The molecule has 0 saturated carbocycles. The molecule has 3 aromatic rings. The minimum atomic E-state index is -0.578. The average molecular weight is 367 g/mol. The maximum Gasteiger partial charge on any atom is 0.260 e. The van der Waals surface area contributed by atoms with Gasteiger partial charge in [0.15, 0.2) is 5.13 Å². The molecule has 0 aliphatic heterocycles. The van der Waals surface area contributed by atoms with E-state index in [1.54, 1.807) is 29.6 Å². The van der Waals surface area contributed by atoms with Crippen LogP contribution in [0.25, 0.3) is 11.3 Å². The number of halogens is 3. The summed E-state index contributed by atoms with van der Waals surface area (Å²) in [5.74, 6) is -1.12. The van der Waals surface area contributed by atoms with Gasteiger partial charge in [0.25, 0.3) is 5.91 Å². The van der Waals surface area contributed by atoms with Gasteiger partial charge in [-0.25, -0.2) is 9.37 Å². The second kappa shape index (κ2) is 6.66. The van der Waals surface area contributed by atoms with Crippen LogP contribution < -0.4 is 5.32 Å². The quantitative estimate of drug-likeness (QED) is 0.663. The summed E-state index contributed by atoms with van der Waals surface area (Å²) in [6, 6.07) is 10.9. The molecule has 3 nitrogen and oxygen atoms in total. The summed E-state index contributed by atoms with van der Waals surface area (Å²) >= 11 is 13.1. The maximum absolute atomic E-state index is 13.6. The van der Waals surface area contributed by atoms with Gasteiger partial charge in [-0.15, -0.1) is 11.3 Å². The first-order chi connectivity index (χ1) is 11.0. The van der Waals surface area contributed by atoms with Crippen molar-refractivity contribution in [2.45, 2.75) is 0 Å². The Morgan fingerprint density at radius 2 is 1.91 bits per heavy atom. The Labute approximate surface area is 145 Å². The van der Waals surface area contributed by atoms with Crippen molar-refractivity contribution in [2.24, 2.45) is 0 Å². The zero-order valence-corrected chi connectivity index (χ0v) is 13.8. The molecule has 0 bridgehead atoms. The van der Waals surface area contributed by atoms with Crippen molar-refractivity contribution in [1.82, 2.24) is 4.98 Å². The summed E-state index contributed by atoms with van der Waals surface area (Å²) in [6.07, 6.45) is 0. The van der Waals surface area contributed by atoms with E-state index in [1.807, 2.05) is 0 Å². The zero-order chi connectivity index (χ0) is 16.4. The monoisotopic (exact) mass is 366 g/mol. The van der Waals surface area contributed by atoms with E-state index in [-0.39, 0.29) is 5.56 Å². The summed E-state index contributed by atoms with van der Waals surface area (Å²) in [5.41, 5.74) is 1.40. The molecule has 116 valence electrons. The first kappa shape index (κ1) is 15.9. The fourth-order valence-corrected chi connectivity index (χ4v) is 2.94. The third kappa shape index (κ3) is 3.52. The van der Waals surface area contributed by atoms with Crippen LogP contribution >= 0.6 is 34.5 Å². The molecule has 3 rings (SSSR count). The lowest BCUT2D eigenvalue weighted by Crippen LogP contribution is -2.13. The van der Waals surface area contributed by atoms with Crippen molar-refractivity contribution in [3.05, 3.63) is 69.3 Å². The van der Waals surface area contributed by atoms with Crippen LogP contribution in [0.3, 0.4) is 0 Å². The summed E-state index contributed by atoms with van der Waals surface area (Å²) in [4.78, 5) is 16.4. The number of benzene rings is 2. The number of rotatable bonds is 3. The fourth-order valence-electron chi connectivity index (χ4n) is 1.93. The van der Waals surface area contributed by atoms with E-state index in [1.165, 1.54) is 29.5 Å².